The van der Waals surface area contributed by atoms with Crippen LogP contribution in [0.5, 0.6) is 0 Å². The first-order valence-corrected chi connectivity index (χ1v) is 5.53. The lowest BCUT2D eigenvalue weighted by molar-refractivity contribution is 0.464. The molecule has 1 N–H and O–H groups in total. The third-order valence-electron chi connectivity index (χ3n) is 2.38. The predicted octanol–water partition coefficient (Wildman–Crippen LogP) is 2.05. The van der Waals surface area contributed by atoms with E-state index in [4.69, 9.17) is 0 Å². The van der Waals surface area contributed by atoms with Crippen molar-refractivity contribution in [2.75, 3.05) is 6.54 Å². The Labute approximate surface area is 86.5 Å². The summed E-state index contributed by atoms with van der Waals surface area (Å²) < 4.78 is 1.96. The molecule has 1 unspecified atom stereocenters. The predicted molar refractivity (Wildman–Crippen MR) is 59.2 cm³/mol. The Hall–Kier alpha value is -0.830. The molecule has 0 saturated heterocycles. The topological polar surface area (TPSA) is 29.9 Å². The van der Waals surface area contributed by atoms with Gasteiger partial charge in [-0.25, -0.2) is 0 Å². The number of rotatable bonds is 7. The van der Waals surface area contributed by atoms with Crippen LogP contribution in [0.25, 0.3) is 0 Å². The number of hydrogen-bond acceptors (Lipinski definition) is 2. The molecule has 14 heavy (non-hydrogen) atoms. The molecule has 0 spiro atoms. The van der Waals surface area contributed by atoms with Gasteiger partial charge in [0.2, 0.25) is 0 Å². The van der Waals surface area contributed by atoms with E-state index in [1.807, 2.05) is 23.1 Å². The highest BCUT2D eigenvalue weighted by Gasteiger charge is 1.99. The Morgan fingerprint density at radius 1 is 1.50 bits per heavy atom. The molecule has 0 radical (unpaired) electrons. The van der Waals surface area contributed by atoms with Crippen molar-refractivity contribution < 1.29 is 0 Å². The van der Waals surface area contributed by atoms with Gasteiger partial charge in [-0.15, -0.1) is 0 Å². The number of unbranched alkanes of at least 4 members (excludes halogenated alkanes) is 1. The van der Waals surface area contributed by atoms with Crippen molar-refractivity contribution in [2.24, 2.45) is 0 Å². The van der Waals surface area contributed by atoms with Crippen LogP contribution in [0.1, 0.15) is 33.1 Å². The Morgan fingerprint density at radius 2 is 2.36 bits per heavy atom. The van der Waals surface area contributed by atoms with E-state index in [2.05, 4.69) is 24.3 Å². The molecular formula is C11H21N3. The monoisotopic (exact) mass is 195 g/mol. The van der Waals surface area contributed by atoms with Crippen molar-refractivity contribution in [3.05, 3.63) is 18.5 Å². The highest BCUT2D eigenvalue weighted by Crippen LogP contribution is 1.98. The Kier molecular flexibility index (Phi) is 5.30. The summed E-state index contributed by atoms with van der Waals surface area (Å²) in [7, 11) is 0. The molecule has 0 aliphatic rings. The summed E-state index contributed by atoms with van der Waals surface area (Å²) in [5.41, 5.74) is 0. The summed E-state index contributed by atoms with van der Waals surface area (Å²) in [6.45, 7) is 6.45. The number of aromatic nitrogens is 2. The lowest BCUT2D eigenvalue weighted by atomic mass is 10.1. The fourth-order valence-electron chi connectivity index (χ4n) is 1.47. The molecule has 0 amide bonds. The van der Waals surface area contributed by atoms with E-state index in [1.165, 1.54) is 19.3 Å². The second-order valence-electron chi connectivity index (χ2n) is 3.77. The maximum absolute atomic E-state index is 4.15. The molecule has 80 valence electrons. The third kappa shape index (κ3) is 4.42. The van der Waals surface area contributed by atoms with E-state index < -0.39 is 0 Å². The van der Waals surface area contributed by atoms with E-state index in [1.54, 1.807) is 0 Å². The van der Waals surface area contributed by atoms with E-state index >= 15 is 0 Å². The molecule has 0 saturated carbocycles. The molecule has 1 heterocycles. The highest BCUT2D eigenvalue weighted by molar-refractivity contribution is 4.77. The van der Waals surface area contributed by atoms with Crippen LogP contribution in [0.2, 0.25) is 0 Å². The first kappa shape index (κ1) is 11.2. The molecule has 0 fully saturated rings. The van der Waals surface area contributed by atoms with Gasteiger partial charge in [-0.05, 0) is 19.4 Å². The number of hydrogen-bond donors (Lipinski definition) is 1. The zero-order valence-corrected chi connectivity index (χ0v) is 9.24. The van der Waals surface area contributed by atoms with Crippen LogP contribution in [0.15, 0.2) is 18.5 Å². The van der Waals surface area contributed by atoms with Crippen LogP contribution in [0, 0.1) is 0 Å². The van der Waals surface area contributed by atoms with Gasteiger partial charge in [0.25, 0.3) is 0 Å². The Bertz CT molecular complexity index is 218. The Morgan fingerprint density at radius 3 is 3.00 bits per heavy atom. The maximum Gasteiger partial charge on any atom is 0.0534 e. The van der Waals surface area contributed by atoms with Crippen LogP contribution in [-0.2, 0) is 6.54 Å². The van der Waals surface area contributed by atoms with E-state index in [9.17, 15) is 0 Å². The third-order valence-corrected chi connectivity index (χ3v) is 2.38. The van der Waals surface area contributed by atoms with Gasteiger partial charge in [-0.2, -0.15) is 5.10 Å². The minimum Gasteiger partial charge on any atom is -0.312 e. The normalized spacial score (nSPS) is 13.0. The van der Waals surface area contributed by atoms with Gasteiger partial charge in [-0.1, -0.05) is 19.8 Å². The summed E-state index contributed by atoms with van der Waals surface area (Å²) in [6.07, 6.45) is 7.69. The summed E-state index contributed by atoms with van der Waals surface area (Å²) in [4.78, 5) is 0. The Balaban J connectivity index is 2.03. The molecular weight excluding hydrogens is 174 g/mol. The zero-order chi connectivity index (χ0) is 10.2. The van der Waals surface area contributed by atoms with Crippen molar-refractivity contribution >= 4 is 0 Å². The fourth-order valence-corrected chi connectivity index (χ4v) is 1.47. The van der Waals surface area contributed by atoms with Crippen LogP contribution >= 0.6 is 0 Å². The average Bonchev–Trinajstić information content (AvgIpc) is 2.67. The molecule has 1 atom stereocenters. The lowest BCUT2D eigenvalue weighted by Crippen LogP contribution is -2.29. The van der Waals surface area contributed by atoms with E-state index in [0.717, 1.165) is 13.1 Å². The van der Waals surface area contributed by atoms with Gasteiger partial charge in [0, 0.05) is 25.0 Å². The molecule has 3 heteroatoms. The van der Waals surface area contributed by atoms with E-state index in [-0.39, 0.29) is 0 Å². The minimum absolute atomic E-state index is 0.630. The summed E-state index contributed by atoms with van der Waals surface area (Å²) in [6, 6.07) is 2.59. The molecule has 1 aromatic rings. The zero-order valence-electron chi connectivity index (χ0n) is 9.24. The quantitative estimate of drug-likeness (QED) is 0.721. The van der Waals surface area contributed by atoms with E-state index in [0.29, 0.717) is 6.04 Å². The second kappa shape index (κ2) is 6.60. The largest absolute Gasteiger partial charge is 0.312 e. The number of nitrogens with zero attached hydrogens (tertiary/aromatic N) is 2. The van der Waals surface area contributed by atoms with Crippen LogP contribution < -0.4 is 5.32 Å². The summed E-state index contributed by atoms with van der Waals surface area (Å²) in [5.74, 6) is 0. The molecule has 3 nitrogen and oxygen atoms in total. The van der Waals surface area contributed by atoms with Crippen LogP contribution in [-0.4, -0.2) is 22.4 Å². The van der Waals surface area contributed by atoms with Gasteiger partial charge in [-0.3, -0.25) is 4.68 Å². The highest BCUT2D eigenvalue weighted by atomic mass is 15.3. The van der Waals surface area contributed by atoms with Crippen molar-refractivity contribution in [1.29, 1.82) is 0 Å². The van der Waals surface area contributed by atoms with Crippen molar-refractivity contribution in [3.8, 4) is 0 Å². The van der Waals surface area contributed by atoms with Gasteiger partial charge < -0.3 is 5.32 Å². The molecule has 1 rings (SSSR count). The summed E-state index contributed by atoms with van der Waals surface area (Å²) >= 11 is 0. The molecule has 0 aliphatic heterocycles. The smallest absolute Gasteiger partial charge is 0.0534 e. The maximum atomic E-state index is 4.15. The molecule has 0 bridgehead atoms. The van der Waals surface area contributed by atoms with Crippen molar-refractivity contribution in [2.45, 2.75) is 45.7 Å². The fraction of sp³-hybridized carbons (Fsp3) is 0.727. The van der Waals surface area contributed by atoms with Crippen molar-refractivity contribution in [3.63, 3.8) is 0 Å². The van der Waals surface area contributed by atoms with Gasteiger partial charge in [0.1, 0.15) is 0 Å². The average molecular weight is 195 g/mol. The second-order valence-corrected chi connectivity index (χ2v) is 3.77. The number of nitrogens with one attached hydrogen (secondary N) is 1. The summed E-state index contributed by atoms with van der Waals surface area (Å²) in [5, 5.41) is 7.65. The molecule has 1 aromatic heterocycles. The first-order chi connectivity index (χ1) is 6.83. The van der Waals surface area contributed by atoms with Crippen LogP contribution in [0.4, 0.5) is 0 Å². The van der Waals surface area contributed by atoms with Gasteiger partial charge in [0.05, 0.1) is 6.54 Å². The van der Waals surface area contributed by atoms with Crippen LogP contribution in [0.3, 0.4) is 0 Å². The van der Waals surface area contributed by atoms with Crippen molar-refractivity contribution in [1.82, 2.24) is 15.1 Å². The van der Waals surface area contributed by atoms with Gasteiger partial charge >= 0.3 is 0 Å². The first-order valence-electron chi connectivity index (χ1n) is 5.53. The minimum atomic E-state index is 0.630. The molecule has 0 aromatic carbocycles. The standard InChI is InChI=1S/C11H21N3/c1-3-4-6-11(2)12-8-10-14-9-5-7-13-14/h5,7,9,11-12H,3-4,6,8,10H2,1-2H3. The van der Waals surface area contributed by atoms with Gasteiger partial charge in [0.15, 0.2) is 0 Å². The lowest BCUT2D eigenvalue weighted by Gasteiger charge is -2.12. The molecule has 0 aliphatic carbocycles. The SMILES string of the molecule is CCCCC(C)NCCn1cccn1.